The standard InChI is InChI=1S/C34H43F3N6O6S/c1-32(2,3)49-31(45)41-13-11-21(12-14-41)50(47,48)43-15-9-20(10-16-43)25-18-42-19-26(27(33(4,5)46)28(35)29(42)39-25)40-30(44)24-8-6-7-23(38-24)22-17-34(22,36)37/h6-8,18-22,46H,9-17H2,1-5H3,(H,40,44). The van der Waals surface area contributed by atoms with E-state index in [-0.39, 0.29) is 53.7 Å². The number of aliphatic hydroxyl groups is 1. The second-order valence-corrected chi connectivity index (χ2v) is 17.2. The summed E-state index contributed by atoms with van der Waals surface area (Å²) >= 11 is 0. The number of nitrogens with one attached hydrogen (secondary N) is 1. The third-order valence-corrected chi connectivity index (χ3v) is 11.9. The van der Waals surface area contributed by atoms with Crippen molar-refractivity contribution in [1.29, 1.82) is 0 Å². The minimum Gasteiger partial charge on any atom is -0.444 e. The topological polar surface area (TPSA) is 146 Å². The van der Waals surface area contributed by atoms with Crippen LogP contribution in [0.15, 0.2) is 30.6 Å². The summed E-state index contributed by atoms with van der Waals surface area (Å²) in [6.07, 6.45) is 3.79. The Morgan fingerprint density at radius 3 is 2.20 bits per heavy atom. The van der Waals surface area contributed by atoms with Gasteiger partial charge in [0.15, 0.2) is 11.5 Å². The fraction of sp³-hybridized carbons (Fsp3) is 0.588. The number of amides is 2. The minimum absolute atomic E-state index is 0.0426. The molecular formula is C34H43F3N6O6S. The number of carbonyl (C=O) groups excluding carboxylic acids is 2. The van der Waals surface area contributed by atoms with Crippen LogP contribution in [0.25, 0.3) is 5.65 Å². The molecule has 12 nitrogen and oxygen atoms in total. The van der Waals surface area contributed by atoms with Crippen LogP contribution in [0.4, 0.5) is 23.7 Å². The lowest BCUT2D eigenvalue weighted by atomic mass is 9.95. The maximum Gasteiger partial charge on any atom is 0.410 e. The molecule has 3 fully saturated rings. The summed E-state index contributed by atoms with van der Waals surface area (Å²) in [6.45, 7) is 9.17. The Bertz CT molecular complexity index is 1910. The number of carbonyl (C=O) groups is 2. The number of fused-ring (bicyclic) bond motifs is 1. The monoisotopic (exact) mass is 720 g/mol. The van der Waals surface area contributed by atoms with Crippen molar-refractivity contribution < 1.29 is 41.0 Å². The maximum atomic E-state index is 16.1. The molecule has 2 aliphatic heterocycles. The first-order chi connectivity index (χ1) is 23.2. The van der Waals surface area contributed by atoms with Crippen molar-refractivity contribution in [2.45, 2.75) is 101 Å². The van der Waals surface area contributed by atoms with Crippen LogP contribution in [-0.4, -0.2) is 92.1 Å². The summed E-state index contributed by atoms with van der Waals surface area (Å²) in [4.78, 5) is 35.8. The average Bonchev–Trinajstić information content (AvgIpc) is 3.46. The molecule has 3 aliphatic rings. The Kier molecular flexibility index (Phi) is 9.21. The third kappa shape index (κ3) is 7.33. The van der Waals surface area contributed by atoms with Gasteiger partial charge in [0.2, 0.25) is 10.0 Å². The van der Waals surface area contributed by atoms with E-state index in [1.54, 1.807) is 31.9 Å². The van der Waals surface area contributed by atoms with Crippen LogP contribution >= 0.6 is 0 Å². The first kappa shape index (κ1) is 36.0. The summed E-state index contributed by atoms with van der Waals surface area (Å²) in [6, 6.07) is 4.26. The Morgan fingerprint density at radius 2 is 1.62 bits per heavy atom. The molecular weight excluding hydrogens is 677 g/mol. The highest BCUT2D eigenvalue weighted by Gasteiger charge is 2.58. The van der Waals surface area contributed by atoms with Crippen molar-refractivity contribution in [3.05, 3.63) is 59.1 Å². The molecule has 3 aromatic rings. The van der Waals surface area contributed by atoms with E-state index in [0.29, 0.717) is 44.5 Å². The van der Waals surface area contributed by atoms with Gasteiger partial charge >= 0.3 is 6.09 Å². The first-order valence-electron chi connectivity index (χ1n) is 16.8. The van der Waals surface area contributed by atoms with Crippen LogP contribution in [0.2, 0.25) is 0 Å². The molecule has 5 heterocycles. The van der Waals surface area contributed by atoms with Gasteiger partial charge in [0, 0.05) is 56.5 Å². The zero-order valence-corrected chi connectivity index (χ0v) is 29.6. The van der Waals surface area contributed by atoms with Crippen molar-refractivity contribution in [3.63, 3.8) is 0 Å². The number of imidazole rings is 1. The highest BCUT2D eigenvalue weighted by Crippen LogP contribution is 2.55. The van der Waals surface area contributed by atoms with Crippen LogP contribution in [0.5, 0.6) is 0 Å². The Labute approximate surface area is 289 Å². The highest BCUT2D eigenvalue weighted by atomic mass is 32.2. The molecule has 1 saturated carbocycles. The number of ether oxygens (including phenoxy) is 1. The number of aromatic nitrogens is 3. The first-order valence-corrected chi connectivity index (χ1v) is 18.3. The molecule has 1 unspecified atom stereocenters. The number of nitrogens with zero attached hydrogens (tertiary/aromatic N) is 5. The van der Waals surface area contributed by atoms with Crippen LogP contribution in [0.1, 0.15) is 106 Å². The number of hydrogen-bond acceptors (Lipinski definition) is 8. The van der Waals surface area contributed by atoms with E-state index in [1.807, 2.05) is 0 Å². The van der Waals surface area contributed by atoms with Gasteiger partial charge in [-0.15, -0.1) is 0 Å². The summed E-state index contributed by atoms with van der Waals surface area (Å²) in [5.41, 5.74) is -2.20. The van der Waals surface area contributed by atoms with E-state index in [4.69, 9.17) is 4.74 Å². The lowest BCUT2D eigenvalue weighted by molar-refractivity contribution is 0.0216. The Morgan fingerprint density at radius 1 is 0.980 bits per heavy atom. The molecule has 0 bridgehead atoms. The van der Waals surface area contributed by atoms with Crippen LogP contribution in [-0.2, 0) is 20.4 Å². The van der Waals surface area contributed by atoms with Gasteiger partial charge in [-0.05, 0) is 72.4 Å². The van der Waals surface area contributed by atoms with E-state index < -0.39 is 56.1 Å². The number of pyridine rings is 2. The smallest absolute Gasteiger partial charge is 0.410 e. The normalized spacial score (nSPS) is 21.0. The molecule has 1 atom stereocenters. The van der Waals surface area contributed by atoms with Crippen molar-refractivity contribution >= 4 is 33.4 Å². The van der Waals surface area contributed by atoms with E-state index in [0.717, 1.165) is 0 Å². The number of anilines is 1. The molecule has 50 heavy (non-hydrogen) atoms. The van der Waals surface area contributed by atoms with Crippen molar-refractivity contribution in [2.75, 3.05) is 31.5 Å². The molecule has 6 rings (SSSR count). The number of rotatable bonds is 7. The fourth-order valence-electron chi connectivity index (χ4n) is 6.77. The largest absolute Gasteiger partial charge is 0.444 e. The molecule has 1 aliphatic carbocycles. The lowest BCUT2D eigenvalue weighted by Gasteiger charge is -2.37. The number of hydrogen-bond donors (Lipinski definition) is 2. The Hall–Kier alpha value is -3.76. The summed E-state index contributed by atoms with van der Waals surface area (Å²) in [5.74, 6) is -5.71. The number of likely N-dealkylation sites (tertiary alicyclic amines) is 1. The van der Waals surface area contributed by atoms with Gasteiger partial charge in [-0.2, -0.15) is 0 Å². The van der Waals surface area contributed by atoms with Gasteiger partial charge in [0.1, 0.15) is 11.3 Å². The quantitative estimate of drug-likeness (QED) is 0.331. The molecule has 0 radical (unpaired) electrons. The summed E-state index contributed by atoms with van der Waals surface area (Å²) < 4.78 is 78.8. The average molecular weight is 721 g/mol. The van der Waals surface area contributed by atoms with Crippen molar-refractivity contribution in [3.8, 4) is 0 Å². The molecule has 0 aromatic carbocycles. The molecule has 2 N–H and O–H groups in total. The molecule has 3 aromatic heterocycles. The SMILES string of the molecule is CC(C)(C)OC(=O)N1CCC(S(=O)(=O)N2CCC(c3cn4cc(NC(=O)c5cccc(C6CC6(F)F)n5)c(C(C)(C)O)c(F)c4n3)CC2)CC1. The predicted octanol–water partition coefficient (Wildman–Crippen LogP) is 5.38. The minimum atomic E-state index is -3.62. The van der Waals surface area contributed by atoms with Gasteiger partial charge < -0.3 is 24.5 Å². The van der Waals surface area contributed by atoms with Gasteiger partial charge in [-0.3, -0.25) is 4.79 Å². The molecule has 16 heteroatoms. The van der Waals surface area contributed by atoms with E-state index in [1.165, 1.54) is 46.9 Å². The van der Waals surface area contributed by atoms with E-state index in [2.05, 4.69) is 15.3 Å². The van der Waals surface area contributed by atoms with Crippen molar-refractivity contribution in [1.82, 2.24) is 23.6 Å². The second kappa shape index (κ2) is 12.8. The zero-order chi connectivity index (χ0) is 36.4. The summed E-state index contributed by atoms with van der Waals surface area (Å²) in [7, 11) is -3.62. The van der Waals surface area contributed by atoms with Crippen molar-refractivity contribution in [2.24, 2.45) is 0 Å². The lowest BCUT2D eigenvalue weighted by Crippen LogP contribution is -2.49. The van der Waals surface area contributed by atoms with Crippen LogP contribution < -0.4 is 5.32 Å². The van der Waals surface area contributed by atoms with Crippen LogP contribution in [0, 0.1) is 5.82 Å². The van der Waals surface area contributed by atoms with Gasteiger partial charge in [0.05, 0.1) is 33.8 Å². The fourth-order valence-corrected chi connectivity index (χ4v) is 8.72. The number of sulfonamides is 1. The van der Waals surface area contributed by atoms with E-state index >= 15 is 4.39 Å². The zero-order valence-electron chi connectivity index (χ0n) is 28.7. The molecule has 272 valence electrons. The summed E-state index contributed by atoms with van der Waals surface area (Å²) in [5, 5.41) is 12.9. The number of alkyl halides is 2. The molecule has 2 amide bonds. The second-order valence-electron chi connectivity index (χ2n) is 15.0. The highest BCUT2D eigenvalue weighted by molar-refractivity contribution is 7.89. The number of halogens is 3. The predicted molar refractivity (Wildman–Crippen MR) is 178 cm³/mol. The van der Waals surface area contributed by atoms with Gasteiger partial charge in [-0.25, -0.2) is 40.7 Å². The van der Waals surface area contributed by atoms with Gasteiger partial charge in [0.25, 0.3) is 11.8 Å². The maximum absolute atomic E-state index is 16.1. The number of piperidine rings is 2. The molecule has 2 saturated heterocycles. The molecule has 0 spiro atoms. The van der Waals surface area contributed by atoms with Gasteiger partial charge in [-0.1, -0.05) is 6.07 Å². The van der Waals surface area contributed by atoms with Crippen LogP contribution in [0.3, 0.4) is 0 Å². The Balaban J connectivity index is 1.15. The third-order valence-electron chi connectivity index (χ3n) is 9.50. The van der Waals surface area contributed by atoms with E-state index in [9.17, 15) is 31.9 Å².